The van der Waals surface area contributed by atoms with E-state index < -0.39 is 22.5 Å². The van der Waals surface area contributed by atoms with Gasteiger partial charge in [-0.05, 0) is 29.3 Å². The van der Waals surface area contributed by atoms with E-state index >= 15 is 0 Å². The van der Waals surface area contributed by atoms with E-state index in [1.165, 1.54) is 24.3 Å². The maximum atomic E-state index is 13.9. The van der Waals surface area contributed by atoms with E-state index in [1.807, 2.05) is 0 Å². The van der Waals surface area contributed by atoms with Crippen molar-refractivity contribution in [2.45, 2.75) is 0 Å². The van der Waals surface area contributed by atoms with Crippen LogP contribution in [0.4, 0.5) is 20.2 Å². The Hall–Kier alpha value is -3.87. The zero-order chi connectivity index (χ0) is 20.1. The number of nitro groups is 1. The minimum absolute atomic E-state index is 0.119. The lowest BCUT2D eigenvalue weighted by molar-refractivity contribution is -0.384. The monoisotopic (exact) mass is 380 g/mol. The lowest BCUT2D eigenvalue weighted by Crippen LogP contribution is -2.14. The van der Waals surface area contributed by atoms with Gasteiger partial charge >= 0.3 is 0 Å². The molecule has 140 valence electrons. The van der Waals surface area contributed by atoms with Crippen LogP contribution >= 0.6 is 0 Å². The molecule has 0 saturated heterocycles. The fourth-order valence-corrected chi connectivity index (χ4v) is 2.57. The van der Waals surface area contributed by atoms with Crippen molar-refractivity contribution >= 4 is 28.9 Å². The summed E-state index contributed by atoms with van der Waals surface area (Å²) >= 11 is 0. The Morgan fingerprint density at radius 1 is 0.964 bits per heavy atom. The molecule has 1 amide bonds. The number of carbonyl (C=O) groups is 1. The molecule has 0 aliphatic heterocycles. The van der Waals surface area contributed by atoms with E-state index in [4.69, 9.17) is 0 Å². The molecule has 28 heavy (non-hydrogen) atoms. The smallest absolute Gasteiger partial charge is 0.270 e. The van der Waals surface area contributed by atoms with Crippen LogP contribution in [0.15, 0.2) is 72.8 Å². The summed E-state index contributed by atoms with van der Waals surface area (Å²) in [5.74, 6) is -2.30. The zero-order valence-electron chi connectivity index (χ0n) is 14.4. The number of amides is 1. The first kappa shape index (κ1) is 18.9. The molecule has 0 radical (unpaired) electrons. The van der Waals surface area contributed by atoms with Gasteiger partial charge in [-0.2, -0.15) is 0 Å². The summed E-state index contributed by atoms with van der Waals surface area (Å²) in [6.07, 6.45) is 1.47. The molecule has 5 nitrogen and oxygen atoms in total. The molecular weight excluding hydrogens is 366 g/mol. The first-order valence-electron chi connectivity index (χ1n) is 8.22. The number of non-ortho nitro benzene ring substituents is 1. The van der Waals surface area contributed by atoms with Crippen molar-refractivity contribution in [1.29, 1.82) is 0 Å². The number of hydrogen-bond donors (Lipinski definition) is 1. The summed E-state index contributed by atoms with van der Waals surface area (Å²) in [5.41, 5.74) is 0.847. The molecule has 0 aliphatic carbocycles. The molecule has 1 N–H and O–H groups in total. The molecule has 0 heterocycles. The molecule has 0 saturated carbocycles. The minimum Gasteiger partial charge on any atom is -0.319 e. The van der Waals surface area contributed by atoms with Crippen LogP contribution in [0, 0.1) is 21.7 Å². The van der Waals surface area contributed by atoms with E-state index in [-0.39, 0.29) is 16.9 Å². The molecule has 0 unspecified atom stereocenters. The van der Waals surface area contributed by atoms with Crippen LogP contribution in [0.1, 0.15) is 11.1 Å². The Bertz CT molecular complexity index is 1070. The van der Waals surface area contributed by atoms with Crippen LogP contribution in [0.25, 0.3) is 11.6 Å². The number of benzene rings is 3. The summed E-state index contributed by atoms with van der Waals surface area (Å²) in [6.45, 7) is 0. The van der Waals surface area contributed by atoms with Gasteiger partial charge in [-0.25, -0.2) is 8.78 Å². The molecule has 0 aliphatic rings. The third-order valence-corrected chi connectivity index (χ3v) is 3.90. The van der Waals surface area contributed by atoms with Gasteiger partial charge in [0, 0.05) is 23.8 Å². The van der Waals surface area contributed by atoms with Crippen molar-refractivity contribution in [2.24, 2.45) is 0 Å². The van der Waals surface area contributed by atoms with Crippen molar-refractivity contribution in [2.75, 3.05) is 5.32 Å². The fraction of sp³-hybridized carbons (Fsp3) is 0. The normalized spacial score (nSPS) is 11.1. The van der Waals surface area contributed by atoms with Gasteiger partial charge in [-0.15, -0.1) is 0 Å². The number of nitro benzene ring substituents is 1. The van der Waals surface area contributed by atoms with E-state index in [9.17, 15) is 23.7 Å². The molecule has 0 fully saturated rings. The number of halogens is 2. The van der Waals surface area contributed by atoms with Crippen molar-refractivity contribution in [1.82, 2.24) is 0 Å². The van der Waals surface area contributed by atoms with Crippen LogP contribution in [0.5, 0.6) is 0 Å². The second-order valence-corrected chi connectivity index (χ2v) is 5.85. The Labute approximate surface area is 159 Å². The lowest BCUT2D eigenvalue weighted by atomic mass is 10.0. The molecular formula is C21H14F2N2O3. The second-order valence-electron chi connectivity index (χ2n) is 5.85. The quantitative estimate of drug-likeness (QED) is 0.291. The van der Waals surface area contributed by atoms with Gasteiger partial charge in [-0.1, -0.05) is 42.5 Å². The molecule has 7 heteroatoms. The number of nitrogens with zero attached hydrogens (tertiary/aromatic N) is 1. The number of rotatable bonds is 5. The van der Waals surface area contributed by atoms with Gasteiger partial charge in [-0.3, -0.25) is 14.9 Å². The van der Waals surface area contributed by atoms with Crippen molar-refractivity contribution in [3.63, 3.8) is 0 Å². The van der Waals surface area contributed by atoms with Gasteiger partial charge in [0.15, 0.2) is 0 Å². The molecule has 0 bridgehead atoms. The van der Waals surface area contributed by atoms with Crippen molar-refractivity contribution < 1.29 is 18.5 Å². The number of hydrogen-bond acceptors (Lipinski definition) is 3. The van der Waals surface area contributed by atoms with Crippen LogP contribution in [-0.4, -0.2) is 10.8 Å². The molecule has 3 rings (SSSR count). The van der Waals surface area contributed by atoms with Crippen LogP contribution in [-0.2, 0) is 4.79 Å². The summed E-state index contributed by atoms with van der Waals surface area (Å²) in [7, 11) is 0. The highest BCUT2D eigenvalue weighted by Crippen LogP contribution is 2.24. The van der Waals surface area contributed by atoms with Crippen molar-refractivity contribution in [3.8, 4) is 0 Å². The standard InChI is InChI=1S/C21H14F2N2O3/c22-16-9-10-20(19(23)13-16)24-21(26)18(15-6-2-1-3-7-15)12-14-5-4-8-17(11-14)25(27)28/h1-13H,(H,24,26). The SMILES string of the molecule is O=C(Nc1ccc(F)cc1F)C(=Cc1cccc([N+](=O)[O-])c1)c1ccccc1. The first-order chi connectivity index (χ1) is 13.4. The summed E-state index contributed by atoms with van der Waals surface area (Å²) in [5, 5.41) is 13.4. The van der Waals surface area contributed by atoms with Gasteiger partial charge in [0.1, 0.15) is 11.6 Å². The highest BCUT2D eigenvalue weighted by Gasteiger charge is 2.15. The number of anilines is 1. The predicted octanol–water partition coefficient (Wildman–Crippen LogP) is 5.05. The second kappa shape index (κ2) is 8.22. The lowest BCUT2D eigenvalue weighted by Gasteiger charge is -2.10. The van der Waals surface area contributed by atoms with Crippen molar-refractivity contribution in [3.05, 3.63) is 106 Å². The topological polar surface area (TPSA) is 72.2 Å². The Balaban J connectivity index is 2.01. The first-order valence-corrected chi connectivity index (χ1v) is 8.22. The van der Waals surface area contributed by atoms with Crippen LogP contribution in [0.3, 0.4) is 0 Å². The van der Waals surface area contributed by atoms with E-state index in [0.29, 0.717) is 17.2 Å². The molecule has 0 atom stereocenters. The summed E-state index contributed by atoms with van der Waals surface area (Å²) in [6, 6.07) is 17.2. The van der Waals surface area contributed by atoms with Crippen LogP contribution < -0.4 is 5.32 Å². The molecule has 3 aromatic rings. The average Bonchev–Trinajstić information content (AvgIpc) is 2.69. The fourth-order valence-electron chi connectivity index (χ4n) is 2.57. The predicted molar refractivity (Wildman–Crippen MR) is 102 cm³/mol. The maximum absolute atomic E-state index is 13.9. The minimum atomic E-state index is -0.906. The largest absolute Gasteiger partial charge is 0.319 e. The van der Waals surface area contributed by atoms with Gasteiger partial charge in [0.2, 0.25) is 0 Å². The van der Waals surface area contributed by atoms with E-state index in [1.54, 1.807) is 36.4 Å². The Kier molecular flexibility index (Phi) is 5.55. The Morgan fingerprint density at radius 2 is 1.71 bits per heavy atom. The number of nitrogens with one attached hydrogen (secondary N) is 1. The number of carbonyl (C=O) groups excluding carboxylic acids is 1. The maximum Gasteiger partial charge on any atom is 0.270 e. The summed E-state index contributed by atoms with van der Waals surface area (Å²) in [4.78, 5) is 23.2. The van der Waals surface area contributed by atoms with E-state index in [2.05, 4.69) is 5.32 Å². The van der Waals surface area contributed by atoms with Gasteiger partial charge in [0.05, 0.1) is 10.6 Å². The zero-order valence-corrected chi connectivity index (χ0v) is 14.4. The molecule has 0 spiro atoms. The average molecular weight is 380 g/mol. The summed E-state index contributed by atoms with van der Waals surface area (Å²) < 4.78 is 27.0. The molecule has 3 aromatic carbocycles. The highest BCUT2D eigenvalue weighted by atomic mass is 19.1. The highest BCUT2D eigenvalue weighted by molar-refractivity contribution is 6.29. The third-order valence-electron chi connectivity index (χ3n) is 3.90. The Morgan fingerprint density at radius 3 is 2.39 bits per heavy atom. The van der Waals surface area contributed by atoms with Crippen LogP contribution in [0.2, 0.25) is 0 Å². The van der Waals surface area contributed by atoms with E-state index in [0.717, 1.165) is 12.1 Å². The molecule has 0 aromatic heterocycles. The van der Waals surface area contributed by atoms with Gasteiger partial charge in [0.25, 0.3) is 11.6 Å². The van der Waals surface area contributed by atoms with Gasteiger partial charge < -0.3 is 5.32 Å². The third kappa shape index (κ3) is 4.45.